The zero-order chi connectivity index (χ0) is 57.2. The van der Waals surface area contributed by atoms with Gasteiger partial charge in [0.05, 0.1) is 99.9 Å². The number of esters is 2. The van der Waals surface area contributed by atoms with E-state index >= 15 is 0 Å². The molecular formula is C54H85NO22. The van der Waals surface area contributed by atoms with Crippen LogP contribution in [0.2, 0.25) is 0 Å². The zero-order valence-electron chi connectivity index (χ0n) is 44.3. The number of aliphatic hydroxyl groups excluding tert-OH is 12. The Hall–Kier alpha value is -3.64. The van der Waals surface area contributed by atoms with Crippen molar-refractivity contribution in [3.8, 4) is 0 Å². The predicted octanol–water partition coefficient (Wildman–Crippen LogP) is -1.77. The molecule has 438 valence electrons. The van der Waals surface area contributed by atoms with Crippen molar-refractivity contribution in [3.05, 3.63) is 85.1 Å². The molecule has 2 bridgehead atoms. The SMILES string of the molecule is COC(=O)C1C(O)C[C@@]2(O)C[C@@H](O)C[C@@H](O)[C@H](O)CC[C@@H](O)C[C@@H](O)CC(=O)O[C@@H](C)C(C)[C@H](O)[C@@H](C)C=CC=CC=CC=CC=CC=CC=C[C@H](OC3O[C@H](C)[C@@H](O)[C@H](NC[C@@]4(O)OC[C@@H](O)[C@H](O)[C@@H]4O)[C@@H]3O)CC1O2. The lowest BCUT2D eigenvalue weighted by Crippen LogP contribution is -2.69. The predicted molar refractivity (Wildman–Crippen MR) is 274 cm³/mol. The van der Waals surface area contributed by atoms with Crippen LogP contribution in [0.1, 0.15) is 79.1 Å². The van der Waals surface area contributed by atoms with Crippen molar-refractivity contribution < 1.29 is 110 Å². The van der Waals surface area contributed by atoms with Gasteiger partial charge in [-0.15, -0.1) is 0 Å². The molecule has 0 spiro atoms. The second-order valence-corrected chi connectivity index (χ2v) is 20.7. The van der Waals surface area contributed by atoms with E-state index in [4.69, 9.17) is 28.4 Å². The van der Waals surface area contributed by atoms with Gasteiger partial charge in [0, 0.05) is 37.5 Å². The van der Waals surface area contributed by atoms with Crippen LogP contribution >= 0.6 is 0 Å². The lowest BCUT2D eigenvalue weighted by atomic mass is 9.82. The van der Waals surface area contributed by atoms with Crippen LogP contribution in [-0.4, -0.2) is 225 Å². The molecule has 0 aliphatic carbocycles. The second-order valence-electron chi connectivity index (χ2n) is 20.7. The number of rotatable bonds is 6. The van der Waals surface area contributed by atoms with Gasteiger partial charge in [0.15, 0.2) is 12.1 Å². The van der Waals surface area contributed by atoms with Gasteiger partial charge < -0.3 is 105 Å². The van der Waals surface area contributed by atoms with E-state index in [2.05, 4.69) is 5.32 Å². The van der Waals surface area contributed by atoms with Crippen LogP contribution in [0.15, 0.2) is 85.1 Å². The number of carbonyl (C=O) groups excluding carboxylic acids is 2. The highest BCUT2D eigenvalue weighted by Gasteiger charge is 2.53. The molecule has 0 aromatic rings. The van der Waals surface area contributed by atoms with E-state index in [1.54, 1.807) is 86.8 Å². The zero-order valence-corrected chi connectivity index (χ0v) is 44.3. The fourth-order valence-corrected chi connectivity index (χ4v) is 9.61. The Morgan fingerprint density at radius 3 is 1.86 bits per heavy atom. The minimum atomic E-state index is -2.46. The van der Waals surface area contributed by atoms with Crippen molar-refractivity contribution in [3.63, 3.8) is 0 Å². The number of hydrogen-bond acceptors (Lipinski definition) is 23. The first kappa shape index (κ1) is 65.9. The highest BCUT2D eigenvalue weighted by Crippen LogP contribution is 2.39. The maximum Gasteiger partial charge on any atom is 0.313 e. The Balaban J connectivity index is 1.61. The third-order valence-corrected chi connectivity index (χ3v) is 14.4. The molecular weight excluding hydrogens is 1010 g/mol. The Bertz CT molecular complexity index is 2020. The molecule has 3 fully saturated rings. The van der Waals surface area contributed by atoms with Gasteiger partial charge >= 0.3 is 11.9 Å². The van der Waals surface area contributed by atoms with Crippen molar-refractivity contribution in [2.75, 3.05) is 20.3 Å². The van der Waals surface area contributed by atoms with Crippen LogP contribution in [0.25, 0.3) is 0 Å². The highest BCUT2D eigenvalue weighted by molar-refractivity contribution is 5.74. The first-order valence-electron chi connectivity index (χ1n) is 26.2. The number of methoxy groups -OCH3 is 1. The number of hydrogen-bond donors (Lipinski definition) is 15. The van der Waals surface area contributed by atoms with E-state index in [-0.39, 0.29) is 31.6 Å². The molecule has 0 amide bonds. The summed E-state index contributed by atoms with van der Waals surface area (Å²) >= 11 is 0. The van der Waals surface area contributed by atoms with Crippen molar-refractivity contribution in [1.82, 2.24) is 5.32 Å². The summed E-state index contributed by atoms with van der Waals surface area (Å²) in [6.07, 6.45) is -3.40. The minimum absolute atomic E-state index is 0.132. The van der Waals surface area contributed by atoms with Gasteiger partial charge in [0.2, 0.25) is 5.79 Å². The number of aliphatic hydroxyl groups is 14. The molecule has 4 aliphatic heterocycles. The van der Waals surface area contributed by atoms with Crippen LogP contribution < -0.4 is 5.32 Å². The minimum Gasteiger partial charge on any atom is -0.469 e. The van der Waals surface area contributed by atoms with E-state index in [0.717, 1.165) is 7.11 Å². The van der Waals surface area contributed by atoms with E-state index in [9.17, 15) is 81.1 Å². The summed E-state index contributed by atoms with van der Waals surface area (Å²) in [5.41, 5.74) is 0. The van der Waals surface area contributed by atoms with E-state index in [1.807, 2.05) is 13.0 Å². The Morgan fingerprint density at radius 1 is 0.649 bits per heavy atom. The molecule has 0 radical (unpaired) electrons. The maximum atomic E-state index is 13.3. The van der Waals surface area contributed by atoms with Crippen molar-refractivity contribution in [2.24, 2.45) is 17.8 Å². The quantitative estimate of drug-likeness (QED) is 0.131. The normalized spacial score (nSPS) is 43.4. The van der Waals surface area contributed by atoms with Gasteiger partial charge in [-0.1, -0.05) is 98.9 Å². The van der Waals surface area contributed by atoms with Gasteiger partial charge in [-0.05, 0) is 33.1 Å². The van der Waals surface area contributed by atoms with E-state index in [0.29, 0.717) is 0 Å². The molecule has 0 aromatic heterocycles. The molecule has 15 N–H and O–H groups in total. The Morgan fingerprint density at radius 2 is 1.25 bits per heavy atom. The van der Waals surface area contributed by atoms with Gasteiger partial charge in [-0.25, -0.2) is 0 Å². The average molecular weight is 1100 g/mol. The standard InChI is InChI=1S/C54H85NO22/c1-30-18-16-14-12-10-8-6-7-9-11-13-15-17-19-37(76-52-49(67)45(47(65)33(4)75-52)55-29-54(71)50(68)48(66)41(62)28-73-54)25-42-44(51(69)72-5)40(61)27-53(70,77-42)26-36(58)23-39(60)38(59)21-20-34(56)22-35(57)24-43(63)74-32(3)31(2)46(30)64/h6-19,30-42,44-50,52,55-62,64-68,70-71H,20-29H2,1-5H3/t30-,31?,32-,33+,34+,35+,36-,37-,38+,39+,40?,41+,42?,44?,45-,46+,47+,48-,49-,50-,52?,53+,54+/m0/s1. The number of nitrogens with one attached hydrogen (secondary N) is 1. The Kier molecular flexibility index (Phi) is 26.8. The third kappa shape index (κ3) is 20.1. The fraction of sp³-hybridized carbons (Fsp3) is 0.704. The summed E-state index contributed by atoms with van der Waals surface area (Å²) in [5, 5.41) is 155. The molecule has 4 heterocycles. The molecule has 0 aromatic carbocycles. The monoisotopic (exact) mass is 1100 g/mol. The first-order chi connectivity index (χ1) is 36.3. The molecule has 23 heteroatoms. The summed E-state index contributed by atoms with van der Waals surface area (Å²) in [6, 6.07) is -1.34. The van der Waals surface area contributed by atoms with Crippen LogP contribution in [0.4, 0.5) is 0 Å². The van der Waals surface area contributed by atoms with Crippen molar-refractivity contribution in [1.29, 1.82) is 0 Å². The van der Waals surface area contributed by atoms with Crippen molar-refractivity contribution >= 4 is 11.9 Å². The number of fused-ring (bicyclic) bond motifs is 2. The average Bonchev–Trinajstić information content (AvgIpc) is 3.36. The summed E-state index contributed by atoms with van der Waals surface area (Å²) in [6.45, 7) is 5.44. The largest absolute Gasteiger partial charge is 0.469 e. The van der Waals surface area contributed by atoms with Gasteiger partial charge in [-0.3, -0.25) is 9.59 Å². The highest BCUT2D eigenvalue weighted by atomic mass is 16.7. The lowest BCUT2D eigenvalue weighted by molar-refractivity contribution is -0.323. The van der Waals surface area contributed by atoms with Gasteiger partial charge in [-0.2, -0.15) is 0 Å². The smallest absolute Gasteiger partial charge is 0.313 e. The topological polar surface area (TPSA) is 385 Å². The summed E-state index contributed by atoms with van der Waals surface area (Å²) < 4.78 is 34.0. The lowest BCUT2D eigenvalue weighted by Gasteiger charge is -2.46. The summed E-state index contributed by atoms with van der Waals surface area (Å²) in [7, 11) is 1.08. The third-order valence-electron chi connectivity index (χ3n) is 14.4. The molecule has 23 nitrogen and oxygen atoms in total. The van der Waals surface area contributed by atoms with Crippen LogP contribution in [0.5, 0.6) is 0 Å². The van der Waals surface area contributed by atoms with Crippen LogP contribution in [-0.2, 0) is 38.0 Å². The number of cyclic esters (lactones) is 1. The fourth-order valence-electron chi connectivity index (χ4n) is 9.61. The summed E-state index contributed by atoms with van der Waals surface area (Å²) in [5.74, 6) is -8.74. The van der Waals surface area contributed by atoms with Crippen LogP contribution in [0, 0.1) is 17.8 Å². The number of carbonyl (C=O) groups is 2. The van der Waals surface area contributed by atoms with Gasteiger partial charge in [0.25, 0.3) is 0 Å². The Labute approximate surface area is 449 Å². The van der Waals surface area contributed by atoms with Crippen molar-refractivity contribution in [2.45, 2.75) is 201 Å². The van der Waals surface area contributed by atoms with E-state index in [1.165, 1.54) is 13.0 Å². The molecule has 23 atom stereocenters. The molecule has 77 heavy (non-hydrogen) atoms. The summed E-state index contributed by atoms with van der Waals surface area (Å²) in [4.78, 5) is 26.0. The van der Waals surface area contributed by atoms with Gasteiger partial charge in [0.1, 0.15) is 36.4 Å². The number of allylic oxidation sites excluding steroid dienone is 12. The molecule has 4 rings (SSSR count). The van der Waals surface area contributed by atoms with E-state index < -0.39 is 184 Å². The molecule has 5 unspecified atom stereocenters. The number of ether oxygens (including phenoxy) is 6. The second kappa shape index (κ2) is 31.4. The molecule has 0 saturated carbocycles. The first-order valence-corrected chi connectivity index (χ1v) is 26.2. The van der Waals surface area contributed by atoms with Crippen LogP contribution in [0.3, 0.4) is 0 Å². The molecule has 4 aliphatic rings. The maximum absolute atomic E-state index is 13.3. The molecule has 3 saturated heterocycles.